The lowest BCUT2D eigenvalue weighted by Crippen LogP contribution is -2.54. The molecule has 1 N–H and O–H groups in total. The Morgan fingerprint density at radius 1 is 1.12 bits per heavy atom. The Balaban J connectivity index is 1.51. The molecule has 0 saturated carbocycles. The number of para-hydroxylation sites is 1. The SMILES string of the molecule is CCC1C(=O)NCCN1Cc1ccc2c(c1)CN(Cc1cccc(OC)c1OC)CCO2. The monoisotopic (exact) mass is 439 g/mol. The van der Waals surface area contributed by atoms with Gasteiger partial charge in [0.05, 0.1) is 20.3 Å². The van der Waals surface area contributed by atoms with Crippen molar-refractivity contribution in [3.05, 3.63) is 53.1 Å². The zero-order valence-electron chi connectivity index (χ0n) is 19.2. The molecular weight excluding hydrogens is 406 g/mol. The number of hydrogen-bond acceptors (Lipinski definition) is 6. The topological polar surface area (TPSA) is 63.3 Å². The van der Waals surface area contributed by atoms with Crippen LogP contribution in [-0.4, -0.2) is 62.2 Å². The second kappa shape index (κ2) is 10.2. The van der Waals surface area contributed by atoms with Crippen LogP contribution in [0.2, 0.25) is 0 Å². The number of rotatable bonds is 7. The van der Waals surface area contributed by atoms with Gasteiger partial charge in [0.2, 0.25) is 5.91 Å². The fraction of sp³-hybridized carbons (Fsp3) is 0.480. The van der Waals surface area contributed by atoms with E-state index < -0.39 is 0 Å². The van der Waals surface area contributed by atoms with Gasteiger partial charge in [-0.15, -0.1) is 0 Å². The number of methoxy groups -OCH3 is 2. The first-order valence-electron chi connectivity index (χ1n) is 11.3. The summed E-state index contributed by atoms with van der Waals surface area (Å²) < 4.78 is 17.1. The summed E-state index contributed by atoms with van der Waals surface area (Å²) in [7, 11) is 3.34. The van der Waals surface area contributed by atoms with Gasteiger partial charge in [-0.05, 0) is 30.2 Å². The molecule has 0 bridgehead atoms. The van der Waals surface area contributed by atoms with Crippen molar-refractivity contribution in [2.45, 2.75) is 39.0 Å². The van der Waals surface area contributed by atoms with Crippen molar-refractivity contribution in [1.29, 1.82) is 0 Å². The zero-order valence-corrected chi connectivity index (χ0v) is 19.2. The fourth-order valence-corrected chi connectivity index (χ4v) is 4.68. The minimum Gasteiger partial charge on any atom is -0.493 e. The molecule has 0 aliphatic carbocycles. The molecule has 1 unspecified atom stereocenters. The van der Waals surface area contributed by atoms with E-state index in [0.29, 0.717) is 13.2 Å². The molecular formula is C25H33N3O4. The molecule has 1 atom stereocenters. The van der Waals surface area contributed by atoms with Crippen LogP contribution in [0.25, 0.3) is 0 Å². The van der Waals surface area contributed by atoms with Crippen LogP contribution in [0.5, 0.6) is 17.2 Å². The van der Waals surface area contributed by atoms with Gasteiger partial charge >= 0.3 is 0 Å². The van der Waals surface area contributed by atoms with Gasteiger partial charge in [0.15, 0.2) is 11.5 Å². The first kappa shape index (κ1) is 22.4. The van der Waals surface area contributed by atoms with E-state index in [4.69, 9.17) is 14.2 Å². The van der Waals surface area contributed by atoms with Crippen molar-refractivity contribution in [3.8, 4) is 17.2 Å². The number of fused-ring (bicyclic) bond motifs is 1. The lowest BCUT2D eigenvalue weighted by Gasteiger charge is -2.34. The Kier molecular flexibility index (Phi) is 7.17. The van der Waals surface area contributed by atoms with Gasteiger partial charge in [0.25, 0.3) is 0 Å². The highest BCUT2D eigenvalue weighted by Gasteiger charge is 2.28. The third kappa shape index (κ3) is 4.84. The Hall–Kier alpha value is -2.77. The molecule has 1 fully saturated rings. The largest absolute Gasteiger partial charge is 0.493 e. The second-order valence-electron chi connectivity index (χ2n) is 8.34. The maximum absolute atomic E-state index is 12.2. The van der Waals surface area contributed by atoms with E-state index in [1.807, 2.05) is 12.1 Å². The van der Waals surface area contributed by atoms with Gasteiger partial charge in [-0.3, -0.25) is 14.6 Å². The molecule has 2 aliphatic rings. The quantitative estimate of drug-likeness (QED) is 0.716. The van der Waals surface area contributed by atoms with Crippen LogP contribution < -0.4 is 19.5 Å². The van der Waals surface area contributed by atoms with E-state index >= 15 is 0 Å². The van der Waals surface area contributed by atoms with Crippen molar-refractivity contribution in [1.82, 2.24) is 15.1 Å². The standard InChI is InChI=1S/C25H33N3O4/c1-4-21-25(29)26-10-11-28(21)15-18-8-9-22-20(14-18)17-27(12-13-32-22)16-19-6-5-7-23(30-2)24(19)31-3/h5-9,14,21H,4,10-13,15-17H2,1-3H3,(H,26,29). The molecule has 7 heteroatoms. The normalized spacial score (nSPS) is 19.5. The summed E-state index contributed by atoms with van der Waals surface area (Å²) in [6, 6.07) is 12.4. The highest BCUT2D eigenvalue weighted by Crippen LogP contribution is 2.33. The predicted octanol–water partition coefficient (Wildman–Crippen LogP) is 2.81. The van der Waals surface area contributed by atoms with Gasteiger partial charge in [-0.25, -0.2) is 0 Å². The van der Waals surface area contributed by atoms with Crippen LogP contribution in [-0.2, 0) is 24.4 Å². The van der Waals surface area contributed by atoms with Crippen molar-refractivity contribution < 1.29 is 19.0 Å². The number of ether oxygens (including phenoxy) is 3. The lowest BCUT2D eigenvalue weighted by molar-refractivity contribution is -0.129. The molecule has 4 rings (SSSR count). The number of nitrogens with zero attached hydrogens (tertiary/aromatic N) is 2. The second-order valence-corrected chi connectivity index (χ2v) is 8.34. The molecule has 172 valence electrons. The highest BCUT2D eigenvalue weighted by atomic mass is 16.5. The number of hydrogen-bond donors (Lipinski definition) is 1. The maximum atomic E-state index is 12.2. The highest BCUT2D eigenvalue weighted by molar-refractivity contribution is 5.82. The van der Waals surface area contributed by atoms with E-state index in [-0.39, 0.29) is 11.9 Å². The first-order chi connectivity index (χ1) is 15.6. The molecule has 2 heterocycles. The number of carbonyl (C=O) groups is 1. The molecule has 2 aromatic rings. The average molecular weight is 440 g/mol. The van der Waals surface area contributed by atoms with E-state index in [2.05, 4.69) is 46.3 Å². The molecule has 0 spiro atoms. The number of nitrogens with one attached hydrogen (secondary N) is 1. The van der Waals surface area contributed by atoms with Crippen LogP contribution in [0.4, 0.5) is 0 Å². The van der Waals surface area contributed by atoms with E-state index in [1.165, 1.54) is 11.1 Å². The van der Waals surface area contributed by atoms with E-state index in [9.17, 15) is 4.79 Å². The lowest BCUT2D eigenvalue weighted by atomic mass is 10.1. The van der Waals surface area contributed by atoms with Gasteiger partial charge < -0.3 is 19.5 Å². The zero-order chi connectivity index (χ0) is 22.5. The Labute approximate surface area is 190 Å². The average Bonchev–Trinajstić information content (AvgIpc) is 3.00. The van der Waals surface area contributed by atoms with Gasteiger partial charge in [0.1, 0.15) is 12.4 Å². The summed E-state index contributed by atoms with van der Waals surface area (Å²) in [5.41, 5.74) is 3.48. The molecule has 7 nitrogen and oxygen atoms in total. The van der Waals surface area contributed by atoms with E-state index in [0.717, 1.165) is 62.0 Å². The fourth-order valence-electron chi connectivity index (χ4n) is 4.68. The van der Waals surface area contributed by atoms with Crippen LogP contribution in [0, 0.1) is 0 Å². The smallest absolute Gasteiger partial charge is 0.237 e. The molecule has 0 aromatic heterocycles. The van der Waals surface area contributed by atoms with Crippen molar-refractivity contribution in [2.24, 2.45) is 0 Å². The Morgan fingerprint density at radius 3 is 2.78 bits per heavy atom. The molecule has 0 radical (unpaired) electrons. The molecule has 2 aromatic carbocycles. The van der Waals surface area contributed by atoms with Gasteiger partial charge in [0, 0.05) is 50.4 Å². The number of carbonyl (C=O) groups excluding carboxylic acids is 1. The first-order valence-corrected chi connectivity index (χ1v) is 11.3. The predicted molar refractivity (Wildman–Crippen MR) is 123 cm³/mol. The minimum absolute atomic E-state index is 0.0594. The van der Waals surface area contributed by atoms with Crippen molar-refractivity contribution in [3.63, 3.8) is 0 Å². The summed E-state index contributed by atoms with van der Waals surface area (Å²) in [6.07, 6.45) is 0.816. The molecule has 2 aliphatic heterocycles. The summed E-state index contributed by atoms with van der Waals surface area (Å²) in [5, 5.41) is 2.98. The number of amides is 1. The van der Waals surface area contributed by atoms with Gasteiger partial charge in [-0.1, -0.05) is 25.1 Å². The van der Waals surface area contributed by atoms with Crippen LogP contribution in [0.15, 0.2) is 36.4 Å². The van der Waals surface area contributed by atoms with Crippen molar-refractivity contribution in [2.75, 3.05) is 40.5 Å². The minimum atomic E-state index is -0.0594. The van der Waals surface area contributed by atoms with E-state index in [1.54, 1.807) is 14.2 Å². The molecule has 1 saturated heterocycles. The molecule has 32 heavy (non-hydrogen) atoms. The van der Waals surface area contributed by atoms with Gasteiger partial charge in [-0.2, -0.15) is 0 Å². The summed E-state index contributed by atoms with van der Waals surface area (Å²) in [4.78, 5) is 16.9. The third-order valence-electron chi connectivity index (χ3n) is 6.28. The Bertz CT molecular complexity index is 949. The summed E-state index contributed by atoms with van der Waals surface area (Å²) >= 11 is 0. The van der Waals surface area contributed by atoms with Crippen LogP contribution >= 0.6 is 0 Å². The summed E-state index contributed by atoms with van der Waals surface area (Å²) in [6.45, 7) is 7.43. The number of benzene rings is 2. The van der Waals surface area contributed by atoms with Crippen molar-refractivity contribution >= 4 is 5.91 Å². The van der Waals surface area contributed by atoms with Crippen LogP contribution in [0.1, 0.15) is 30.0 Å². The molecule has 1 amide bonds. The third-order valence-corrected chi connectivity index (χ3v) is 6.28. The number of piperazine rings is 1. The Morgan fingerprint density at radius 2 is 2.00 bits per heavy atom. The maximum Gasteiger partial charge on any atom is 0.237 e. The summed E-state index contributed by atoms with van der Waals surface area (Å²) in [5.74, 6) is 2.60. The van der Waals surface area contributed by atoms with Crippen LogP contribution in [0.3, 0.4) is 0 Å².